The van der Waals surface area contributed by atoms with Crippen LogP contribution in [0.15, 0.2) is 0 Å². The minimum atomic E-state index is -5.22. The van der Waals surface area contributed by atoms with E-state index in [9.17, 15) is 0 Å². The maximum atomic E-state index is 5.04. The summed E-state index contributed by atoms with van der Waals surface area (Å²) >= 11 is 0. The topological polar surface area (TPSA) is 0 Å². The minimum absolute atomic E-state index is 0. The Morgan fingerprint density at radius 3 is 0.455 bits per heavy atom. The monoisotopic (exact) mass is 468 g/mol. The molecule has 0 nitrogen and oxygen atoms in total. The minimum Gasteiger partial charge on any atom is 1.00 e. The number of halogens is 6. The Kier molecular flexibility index (Phi) is 30.9. The fraction of sp³-hybridized carbons (Fsp3) is 0. The van der Waals surface area contributed by atoms with Crippen molar-refractivity contribution in [2.45, 2.75) is 0 Å². The van der Waals surface area contributed by atoms with Gasteiger partial charge in [0.1, 0.15) is 0 Å². The molecule has 0 amide bonds. The van der Waals surface area contributed by atoms with Gasteiger partial charge in [0.15, 0.2) is 0 Å². The molecule has 0 saturated carbocycles. The van der Waals surface area contributed by atoms with E-state index in [0.717, 1.165) is 0 Å². The molecule has 0 aromatic heterocycles. The van der Waals surface area contributed by atoms with Crippen molar-refractivity contribution >= 4 is 58.1 Å². The van der Waals surface area contributed by atoms with E-state index in [0.29, 0.717) is 0 Å². The van der Waals surface area contributed by atoms with E-state index >= 15 is 0 Å². The van der Waals surface area contributed by atoms with Crippen molar-refractivity contribution in [3.05, 3.63) is 0 Å². The van der Waals surface area contributed by atoms with Gasteiger partial charge in [0.25, 0.3) is 0 Å². The van der Waals surface area contributed by atoms with Crippen molar-refractivity contribution in [2.24, 2.45) is 0 Å². The van der Waals surface area contributed by atoms with E-state index in [-0.39, 0.29) is 206 Å². The summed E-state index contributed by atoms with van der Waals surface area (Å²) in [6.07, 6.45) is 0. The van der Waals surface area contributed by atoms with Crippen LogP contribution in [0.25, 0.3) is 0 Å². The van der Waals surface area contributed by atoms with Gasteiger partial charge in [0.2, 0.25) is 0 Å². The molecule has 0 rings (SSSR count). The quantitative estimate of drug-likeness (QED) is 0.309. The predicted molar refractivity (Wildman–Crippen MR) is 35.1 cm³/mol. The number of rotatable bonds is 0. The molecule has 0 aliphatic carbocycles. The molecular formula is Cl6K4Ru. The van der Waals surface area contributed by atoms with Gasteiger partial charge >= 0.3 is 270 Å². The van der Waals surface area contributed by atoms with E-state index in [4.69, 9.17) is 58.1 Å². The van der Waals surface area contributed by atoms with Crippen LogP contribution in [0.4, 0.5) is 0 Å². The van der Waals surface area contributed by atoms with Crippen LogP contribution in [0.3, 0.4) is 0 Å². The van der Waals surface area contributed by atoms with Gasteiger partial charge in [-0.2, -0.15) is 0 Å². The third-order valence-electron chi connectivity index (χ3n) is 0. The normalized spacial score (nSPS) is 14.7. The molecule has 0 saturated heterocycles. The molecule has 0 unspecified atom stereocenters. The Morgan fingerprint density at radius 2 is 0.455 bits per heavy atom. The van der Waals surface area contributed by atoms with Gasteiger partial charge in [0, 0.05) is 0 Å². The van der Waals surface area contributed by atoms with Crippen molar-refractivity contribution in [1.29, 1.82) is 0 Å². The molecule has 11 heteroatoms. The molecule has 0 radical (unpaired) electrons. The maximum absolute atomic E-state index is 5.22. The molecule has 0 spiro atoms. The first kappa shape index (κ1) is 32.0. The van der Waals surface area contributed by atoms with Crippen LogP contribution >= 0.6 is 58.1 Å². The molecule has 0 heterocycles. The molecule has 0 aliphatic rings. The summed E-state index contributed by atoms with van der Waals surface area (Å²) in [6, 6.07) is 0. The van der Waals surface area contributed by atoms with E-state index in [2.05, 4.69) is 0 Å². The zero-order valence-electron chi connectivity index (χ0n) is 6.62. The predicted octanol–water partition coefficient (Wildman–Crippen LogP) is -7.85. The Balaban J connectivity index is -0.0000000300. The molecule has 0 bridgehead atoms. The van der Waals surface area contributed by atoms with Crippen LogP contribution in [0.1, 0.15) is 0 Å². The van der Waals surface area contributed by atoms with E-state index < -0.39 is 6.48 Å². The first-order valence-corrected chi connectivity index (χ1v) is 14.2. The third-order valence-corrected chi connectivity index (χ3v) is 0. The summed E-state index contributed by atoms with van der Waals surface area (Å²) in [6.45, 7) is -5.22. The molecule has 0 aliphatic heterocycles. The van der Waals surface area contributed by atoms with Gasteiger partial charge in [0.05, 0.1) is 0 Å². The van der Waals surface area contributed by atoms with Crippen LogP contribution in [-0.2, 0) is 6.48 Å². The van der Waals surface area contributed by atoms with Gasteiger partial charge in [-0.15, -0.1) is 0 Å². The average Bonchev–Trinajstić information content (AvgIpc) is 0.592. The zero-order chi connectivity index (χ0) is 6.41. The smallest absolute Gasteiger partial charge is 1.00 e. The molecule has 0 aromatic rings. The second-order valence-corrected chi connectivity index (χ2v) is 40.3. The molecule has 11 heavy (non-hydrogen) atoms. The zero-order valence-corrected chi connectivity index (χ0v) is 25.4. The molecule has 54 valence electrons. The van der Waals surface area contributed by atoms with Gasteiger partial charge in [-0.1, -0.05) is 0 Å². The average molecular weight is 470 g/mol. The Labute approximate surface area is 260 Å². The third kappa shape index (κ3) is 68.1. The van der Waals surface area contributed by atoms with Gasteiger partial charge in [-0.25, -0.2) is 0 Å². The number of hydrogen-bond donors (Lipinski definition) is 0. The molecule has 0 N–H and O–H groups in total. The van der Waals surface area contributed by atoms with Crippen molar-refractivity contribution in [3.63, 3.8) is 0 Å². The van der Waals surface area contributed by atoms with E-state index in [1.54, 1.807) is 0 Å². The molecule has 0 fully saturated rings. The fourth-order valence-electron chi connectivity index (χ4n) is 0. The fourth-order valence-corrected chi connectivity index (χ4v) is 0. The van der Waals surface area contributed by atoms with Crippen molar-refractivity contribution in [2.75, 3.05) is 0 Å². The Bertz CT molecular complexity index is 73.1. The molecule has 0 aromatic carbocycles. The van der Waals surface area contributed by atoms with E-state index in [1.165, 1.54) is 0 Å². The summed E-state index contributed by atoms with van der Waals surface area (Å²) in [5, 5.41) is 0. The van der Waals surface area contributed by atoms with Gasteiger partial charge in [-0.05, 0) is 0 Å². The summed E-state index contributed by atoms with van der Waals surface area (Å²) in [5.74, 6) is 0. The SMILES string of the molecule is [Cl][Ru-4]([Cl])([Cl])([Cl])([Cl])[Cl].[K+].[K+].[K+].[K+]. The van der Waals surface area contributed by atoms with E-state index in [1.807, 2.05) is 0 Å². The van der Waals surface area contributed by atoms with Crippen LogP contribution in [0, 0.1) is 0 Å². The first-order chi connectivity index (χ1) is 2.45. The first-order valence-electron chi connectivity index (χ1n) is 0.802. The maximum Gasteiger partial charge on any atom is 1.00 e. The van der Waals surface area contributed by atoms with Crippen molar-refractivity contribution in [3.8, 4) is 0 Å². The Hall–Kier alpha value is 8.91. The second-order valence-electron chi connectivity index (χ2n) is 0.758. The van der Waals surface area contributed by atoms with Crippen LogP contribution in [-0.4, -0.2) is 0 Å². The summed E-state index contributed by atoms with van der Waals surface area (Å²) < 4.78 is 0. The van der Waals surface area contributed by atoms with Crippen molar-refractivity contribution < 1.29 is 212 Å². The standard InChI is InChI=1S/6ClH.4K.Ru/h6*1H;;;;;/q;;;;;;4*+1;+2/p-6. The Morgan fingerprint density at radius 1 is 0.455 bits per heavy atom. The summed E-state index contributed by atoms with van der Waals surface area (Å²) in [5.41, 5.74) is 0. The number of hydrogen-bond acceptors (Lipinski definition) is 0. The van der Waals surface area contributed by atoms with Crippen LogP contribution < -0.4 is 206 Å². The molecule has 0 atom stereocenters. The van der Waals surface area contributed by atoms with Crippen LogP contribution in [0.5, 0.6) is 0 Å². The summed E-state index contributed by atoms with van der Waals surface area (Å²) in [7, 11) is 30.3. The van der Waals surface area contributed by atoms with Crippen LogP contribution in [0.2, 0.25) is 0 Å². The van der Waals surface area contributed by atoms with Gasteiger partial charge in [-0.3, -0.25) is 0 Å². The van der Waals surface area contributed by atoms with Crippen molar-refractivity contribution in [1.82, 2.24) is 0 Å². The largest absolute Gasteiger partial charge is 1.00 e. The van der Waals surface area contributed by atoms with Gasteiger partial charge < -0.3 is 0 Å². The molecular weight excluding hydrogens is 470 g/mol. The summed E-state index contributed by atoms with van der Waals surface area (Å²) in [4.78, 5) is 0. The second kappa shape index (κ2) is 10.6.